The van der Waals surface area contributed by atoms with Crippen molar-refractivity contribution in [1.29, 1.82) is 0 Å². The zero-order valence-electron chi connectivity index (χ0n) is 11.1. The maximum Gasteiger partial charge on any atom is 0.184 e. The van der Waals surface area contributed by atoms with Crippen LogP contribution < -0.4 is 0 Å². The topological polar surface area (TPSA) is 47.8 Å². The molecule has 0 fully saturated rings. The number of benzene rings is 2. The van der Waals surface area contributed by atoms with Gasteiger partial charge in [0.1, 0.15) is 12.2 Å². The third-order valence-corrected chi connectivity index (χ3v) is 3.61. The lowest BCUT2D eigenvalue weighted by atomic mass is 10.1. The predicted octanol–water partition coefficient (Wildman–Crippen LogP) is 3.59. The number of halogens is 1. The van der Waals surface area contributed by atoms with Crippen molar-refractivity contribution in [1.82, 2.24) is 15.0 Å². The van der Waals surface area contributed by atoms with E-state index in [1.165, 1.54) is 0 Å². The number of carbonyl (C=O) groups is 1. The molecule has 0 aliphatic heterocycles. The van der Waals surface area contributed by atoms with Gasteiger partial charge in [-0.2, -0.15) is 0 Å². The van der Waals surface area contributed by atoms with Gasteiger partial charge in [-0.3, -0.25) is 4.79 Å². The lowest BCUT2D eigenvalue weighted by Crippen LogP contribution is -2.10. The van der Waals surface area contributed by atoms with Gasteiger partial charge >= 0.3 is 0 Å². The molecular formula is C16H12BrN3O. The summed E-state index contributed by atoms with van der Waals surface area (Å²) in [5.41, 5.74) is 2.41. The number of Topliss-reactive ketones (excluding diaryl/α,β-unsaturated/α-hetero) is 1. The SMILES string of the molecule is O=C(Cn1cc(-c2ccccc2)nn1)c1ccc(Br)cc1. The summed E-state index contributed by atoms with van der Waals surface area (Å²) in [5, 5.41) is 8.11. The number of carbonyl (C=O) groups excluding carboxylic acids is 1. The van der Waals surface area contributed by atoms with Crippen LogP contribution in [0, 0.1) is 0 Å². The molecule has 0 saturated carbocycles. The van der Waals surface area contributed by atoms with Gasteiger partial charge in [-0.25, -0.2) is 4.68 Å². The first-order chi connectivity index (χ1) is 10.2. The molecule has 0 unspecified atom stereocenters. The third-order valence-electron chi connectivity index (χ3n) is 3.08. The predicted molar refractivity (Wildman–Crippen MR) is 83.9 cm³/mol. The Bertz CT molecular complexity index is 751. The fourth-order valence-corrected chi connectivity index (χ4v) is 2.26. The van der Waals surface area contributed by atoms with E-state index in [0.717, 1.165) is 15.7 Å². The van der Waals surface area contributed by atoms with Gasteiger partial charge in [0.15, 0.2) is 5.78 Å². The summed E-state index contributed by atoms with van der Waals surface area (Å²) < 4.78 is 2.51. The number of aromatic nitrogens is 3. The minimum atomic E-state index is 0.00649. The standard InChI is InChI=1S/C16H12BrN3O/c17-14-8-6-13(7-9-14)16(21)11-20-10-15(18-19-20)12-4-2-1-3-5-12/h1-10H,11H2. The van der Waals surface area contributed by atoms with Crippen molar-refractivity contribution in [3.63, 3.8) is 0 Å². The first-order valence-corrected chi connectivity index (χ1v) is 7.26. The average molecular weight is 342 g/mol. The highest BCUT2D eigenvalue weighted by molar-refractivity contribution is 9.10. The number of hydrogen-bond acceptors (Lipinski definition) is 3. The number of rotatable bonds is 4. The maximum absolute atomic E-state index is 12.2. The molecule has 3 rings (SSSR count). The normalized spacial score (nSPS) is 10.5. The van der Waals surface area contributed by atoms with Crippen molar-refractivity contribution in [3.8, 4) is 11.3 Å². The van der Waals surface area contributed by atoms with Crippen molar-refractivity contribution >= 4 is 21.7 Å². The van der Waals surface area contributed by atoms with Crippen LogP contribution in [0.1, 0.15) is 10.4 Å². The molecule has 1 heterocycles. The Balaban J connectivity index is 1.75. The summed E-state index contributed by atoms with van der Waals surface area (Å²) in [4.78, 5) is 12.2. The molecule has 0 bridgehead atoms. The van der Waals surface area contributed by atoms with Crippen molar-refractivity contribution in [2.75, 3.05) is 0 Å². The van der Waals surface area contributed by atoms with Gasteiger partial charge in [0, 0.05) is 15.6 Å². The Morgan fingerprint density at radius 2 is 1.76 bits per heavy atom. The minimum absolute atomic E-state index is 0.00649. The second-order valence-corrected chi connectivity index (χ2v) is 5.51. The van der Waals surface area contributed by atoms with Gasteiger partial charge in [0.25, 0.3) is 0 Å². The van der Waals surface area contributed by atoms with Gasteiger partial charge in [0.2, 0.25) is 0 Å². The quantitative estimate of drug-likeness (QED) is 0.681. The molecule has 0 atom stereocenters. The average Bonchev–Trinajstić information content (AvgIpc) is 2.97. The molecule has 0 aliphatic rings. The second-order valence-electron chi connectivity index (χ2n) is 4.60. The van der Waals surface area contributed by atoms with E-state index >= 15 is 0 Å². The highest BCUT2D eigenvalue weighted by Gasteiger charge is 2.09. The van der Waals surface area contributed by atoms with Crippen LogP contribution in [0.15, 0.2) is 65.3 Å². The summed E-state index contributed by atoms with van der Waals surface area (Å²) in [6.07, 6.45) is 1.78. The van der Waals surface area contributed by atoms with E-state index in [-0.39, 0.29) is 12.3 Å². The van der Waals surface area contributed by atoms with Gasteiger partial charge < -0.3 is 0 Å². The van der Waals surface area contributed by atoms with Gasteiger partial charge in [-0.1, -0.05) is 63.6 Å². The second kappa shape index (κ2) is 6.01. The van der Waals surface area contributed by atoms with Crippen LogP contribution in [-0.4, -0.2) is 20.8 Å². The van der Waals surface area contributed by atoms with E-state index < -0.39 is 0 Å². The molecule has 0 spiro atoms. The minimum Gasteiger partial charge on any atom is -0.292 e. The maximum atomic E-state index is 12.2. The van der Waals surface area contributed by atoms with E-state index in [1.54, 1.807) is 23.0 Å². The fraction of sp³-hybridized carbons (Fsp3) is 0.0625. The Hall–Kier alpha value is -2.27. The number of hydrogen-bond donors (Lipinski definition) is 0. The first-order valence-electron chi connectivity index (χ1n) is 6.47. The van der Waals surface area contributed by atoms with E-state index in [0.29, 0.717) is 5.56 Å². The van der Waals surface area contributed by atoms with Crippen LogP contribution >= 0.6 is 15.9 Å². The highest BCUT2D eigenvalue weighted by atomic mass is 79.9. The summed E-state index contributed by atoms with van der Waals surface area (Å²) in [6, 6.07) is 17.1. The summed E-state index contributed by atoms with van der Waals surface area (Å²) in [6.45, 7) is 0.182. The Morgan fingerprint density at radius 1 is 1.05 bits per heavy atom. The molecule has 1 aromatic heterocycles. The van der Waals surface area contributed by atoms with Crippen LogP contribution in [0.5, 0.6) is 0 Å². The number of ketones is 1. The van der Waals surface area contributed by atoms with Crippen LogP contribution in [0.3, 0.4) is 0 Å². The van der Waals surface area contributed by atoms with Crippen molar-refractivity contribution in [2.45, 2.75) is 6.54 Å². The first kappa shape index (κ1) is 13.7. The van der Waals surface area contributed by atoms with Crippen LogP contribution in [0.4, 0.5) is 0 Å². The molecule has 2 aromatic carbocycles. The Labute approximate surface area is 130 Å². The molecule has 4 nitrogen and oxygen atoms in total. The molecule has 0 radical (unpaired) electrons. The van der Waals surface area contributed by atoms with Crippen LogP contribution in [-0.2, 0) is 6.54 Å². The smallest absolute Gasteiger partial charge is 0.184 e. The summed E-state index contributed by atoms with van der Waals surface area (Å²) in [7, 11) is 0. The Kier molecular flexibility index (Phi) is 3.92. The van der Waals surface area contributed by atoms with Gasteiger partial charge in [0.05, 0.1) is 6.20 Å². The molecule has 0 N–H and O–H groups in total. The van der Waals surface area contributed by atoms with E-state index in [9.17, 15) is 4.79 Å². The summed E-state index contributed by atoms with van der Waals surface area (Å²) >= 11 is 3.35. The molecular weight excluding hydrogens is 330 g/mol. The molecule has 104 valence electrons. The highest BCUT2D eigenvalue weighted by Crippen LogP contribution is 2.15. The third kappa shape index (κ3) is 3.25. The monoisotopic (exact) mass is 341 g/mol. The van der Waals surface area contributed by atoms with Crippen molar-refractivity contribution < 1.29 is 4.79 Å². The van der Waals surface area contributed by atoms with Crippen molar-refractivity contribution in [2.24, 2.45) is 0 Å². The molecule has 21 heavy (non-hydrogen) atoms. The molecule has 3 aromatic rings. The van der Waals surface area contributed by atoms with Gasteiger partial charge in [-0.05, 0) is 12.1 Å². The summed E-state index contributed by atoms with van der Waals surface area (Å²) in [5.74, 6) is 0.00649. The lowest BCUT2D eigenvalue weighted by molar-refractivity contribution is 0.0967. The van der Waals surface area contributed by atoms with Crippen molar-refractivity contribution in [3.05, 3.63) is 70.8 Å². The fourth-order valence-electron chi connectivity index (χ4n) is 1.99. The largest absolute Gasteiger partial charge is 0.292 e. The lowest BCUT2D eigenvalue weighted by Gasteiger charge is -2.00. The van der Waals surface area contributed by atoms with Crippen LogP contribution in [0.2, 0.25) is 0 Å². The molecule has 5 heteroatoms. The molecule has 0 amide bonds. The molecule has 0 aliphatic carbocycles. The van der Waals surface area contributed by atoms with Gasteiger partial charge in [-0.15, -0.1) is 5.10 Å². The van der Waals surface area contributed by atoms with E-state index in [2.05, 4.69) is 26.2 Å². The van der Waals surface area contributed by atoms with E-state index in [4.69, 9.17) is 0 Å². The van der Waals surface area contributed by atoms with E-state index in [1.807, 2.05) is 42.5 Å². The Morgan fingerprint density at radius 3 is 2.48 bits per heavy atom. The van der Waals surface area contributed by atoms with Crippen LogP contribution in [0.25, 0.3) is 11.3 Å². The number of nitrogens with zero attached hydrogens (tertiary/aromatic N) is 3. The zero-order chi connectivity index (χ0) is 14.7. The zero-order valence-corrected chi connectivity index (χ0v) is 12.7. The molecule has 0 saturated heterocycles.